The highest BCUT2D eigenvalue weighted by molar-refractivity contribution is 5.94. The van der Waals surface area contributed by atoms with Crippen molar-refractivity contribution in [3.05, 3.63) is 65.6 Å². The minimum absolute atomic E-state index is 0.0764. The van der Waals surface area contributed by atoms with Gasteiger partial charge in [0.1, 0.15) is 17.3 Å². The van der Waals surface area contributed by atoms with Gasteiger partial charge in [0.05, 0.1) is 11.9 Å². The Morgan fingerprint density at radius 1 is 1.21 bits per heavy atom. The van der Waals surface area contributed by atoms with Crippen molar-refractivity contribution in [1.29, 1.82) is 0 Å². The highest BCUT2D eigenvalue weighted by atomic mass is 19.1. The zero-order chi connectivity index (χ0) is 20.8. The van der Waals surface area contributed by atoms with Crippen LogP contribution in [0.2, 0.25) is 0 Å². The number of hydrogen-bond acceptors (Lipinski definition) is 5. The van der Waals surface area contributed by atoms with E-state index >= 15 is 0 Å². The molecule has 150 valence electrons. The van der Waals surface area contributed by atoms with Gasteiger partial charge < -0.3 is 10.0 Å². The van der Waals surface area contributed by atoms with Crippen LogP contribution in [0, 0.1) is 5.82 Å². The van der Waals surface area contributed by atoms with Crippen LogP contribution in [0.5, 0.6) is 5.75 Å². The lowest BCUT2D eigenvalue weighted by Gasteiger charge is -2.21. The number of carbonyl (C=O) groups is 1. The SMILES string of the molecule is CCN(CC)c1ccc(C=NNC(=O)c2cc(-c3ccc(F)cc3)n[nH]2)c(O)c1. The first kappa shape index (κ1) is 20.1. The van der Waals surface area contributed by atoms with Crippen molar-refractivity contribution in [2.45, 2.75) is 13.8 Å². The third-order valence-electron chi connectivity index (χ3n) is 4.47. The number of benzene rings is 2. The maximum absolute atomic E-state index is 13.0. The number of halogens is 1. The molecule has 0 radical (unpaired) electrons. The average molecular weight is 395 g/mol. The van der Waals surface area contributed by atoms with E-state index in [0.29, 0.717) is 16.8 Å². The van der Waals surface area contributed by atoms with E-state index in [2.05, 4.69) is 25.6 Å². The molecule has 0 aliphatic carbocycles. The Kier molecular flexibility index (Phi) is 6.23. The predicted molar refractivity (Wildman–Crippen MR) is 111 cm³/mol. The van der Waals surface area contributed by atoms with Crippen LogP contribution in [0.15, 0.2) is 53.6 Å². The van der Waals surface area contributed by atoms with E-state index in [1.165, 1.54) is 18.3 Å². The number of H-pyrrole nitrogens is 1. The van der Waals surface area contributed by atoms with E-state index in [-0.39, 0.29) is 17.3 Å². The number of hydrogen-bond donors (Lipinski definition) is 3. The number of amides is 1. The van der Waals surface area contributed by atoms with Crippen LogP contribution in [0.25, 0.3) is 11.3 Å². The summed E-state index contributed by atoms with van der Waals surface area (Å²) >= 11 is 0. The molecule has 0 aliphatic rings. The molecule has 1 amide bonds. The number of phenols is 1. The van der Waals surface area contributed by atoms with Gasteiger partial charge in [0.25, 0.3) is 5.91 Å². The second-order valence-corrected chi connectivity index (χ2v) is 6.29. The lowest BCUT2D eigenvalue weighted by Crippen LogP contribution is -2.21. The molecule has 1 aromatic heterocycles. The number of nitrogens with zero attached hydrogens (tertiary/aromatic N) is 3. The smallest absolute Gasteiger partial charge is 0.289 e. The molecule has 0 saturated heterocycles. The van der Waals surface area contributed by atoms with Crippen molar-refractivity contribution in [3.63, 3.8) is 0 Å². The van der Waals surface area contributed by atoms with Crippen LogP contribution in [0.4, 0.5) is 10.1 Å². The summed E-state index contributed by atoms with van der Waals surface area (Å²) in [6, 6.07) is 12.7. The number of nitrogens with one attached hydrogen (secondary N) is 2. The fourth-order valence-electron chi connectivity index (χ4n) is 2.85. The molecule has 3 rings (SSSR count). The molecule has 0 spiro atoms. The minimum atomic E-state index is -0.485. The fraction of sp³-hybridized carbons (Fsp3) is 0.190. The Morgan fingerprint density at radius 2 is 1.93 bits per heavy atom. The minimum Gasteiger partial charge on any atom is -0.507 e. The molecule has 0 saturated carbocycles. The molecule has 0 bridgehead atoms. The molecule has 7 nitrogen and oxygen atoms in total. The van der Waals surface area contributed by atoms with Crippen LogP contribution in [-0.4, -0.2) is 40.5 Å². The summed E-state index contributed by atoms with van der Waals surface area (Å²) in [6.07, 6.45) is 1.37. The third-order valence-corrected chi connectivity index (χ3v) is 4.47. The van der Waals surface area contributed by atoms with Crippen molar-refractivity contribution in [2.75, 3.05) is 18.0 Å². The first-order valence-electron chi connectivity index (χ1n) is 9.24. The molecule has 29 heavy (non-hydrogen) atoms. The van der Waals surface area contributed by atoms with Gasteiger partial charge in [0, 0.05) is 36.0 Å². The van der Waals surface area contributed by atoms with Gasteiger partial charge in [-0.3, -0.25) is 9.89 Å². The second-order valence-electron chi connectivity index (χ2n) is 6.29. The molecular formula is C21H22FN5O2. The maximum atomic E-state index is 13.0. The first-order valence-corrected chi connectivity index (χ1v) is 9.24. The van der Waals surface area contributed by atoms with Gasteiger partial charge >= 0.3 is 0 Å². The maximum Gasteiger partial charge on any atom is 0.289 e. The molecule has 1 heterocycles. The molecule has 3 N–H and O–H groups in total. The Hall–Kier alpha value is -3.68. The van der Waals surface area contributed by atoms with Crippen LogP contribution in [0.1, 0.15) is 29.9 Å². The number of anilines is 1. The van der Waals surface area contributed by atoms with Crippen molar-refractivity contribution < 1.29 is 14.3 Å². The molecule has 0 fully saturated rings. The molecule has 0 unspecified atom stereocenters. The van der Waals surface area contributed by atoms with Crippen molar-refractivity contribution in [2.24, 2.45) is 5.10 Å². The number of phenolic OH excluding ortho intramolecular Hbond substituents is 1. The van der Waals surface area contributed by atoms with E-state index in [9.17, 15) is 14.3 Å². The summed E-state index contributed by atoms with van der Waals surface area (Å²) in [4.78, 5) is 14.3. The summed E-state index contributed by atoms with van der Waals surface area (Å²) < 4.78 is 13.0. The van der Waals surface area contributed by atoms with Gasteiger partial charge in [-0.05, 0) is 56.3 Å². The Balaban J connectivity index is 1.65. The van der Waals surface area contributed by atoms with Crippen LogP contribution < -0.4 is 10.3 Å². The zero-order valence-electron chi connectivity index (χ0n) is 16.2. The van der Waals surface area contributed by atoms with Crippen LogP contribution in [0.3, 0.4) is 0 Å². The average Bonchev–Trinajstić information content (AvgIpc) is 3.21. The summed E-state index contributed by atoms with van der Waals surface area (Å²) in [5.74, 6) is -0.751. The van der Waals surface area contributed by atoms with E-state index in [4.69, 9.17) is 0 Å². The Bertz CT molecular complexity index is 1010. The second kappa shape index (κ2) is 9.01. The van der Waals surface area contributed by atoms with Gasteiger partial charge in [-0.2, -0.15) is 10.2 Å². The number of aromatic amines is 1. The molecule has 0 atom stereocenters. The number of hydrazone groups is 1. The molecular weight excluding hydrogens is 373 g/mol. The van der Waals surface area contributed by atoms with Gasteiger partial charge in [0.2, 0.25) is 0 Å². The van der Waals surface area contributed by atoms with Crippen molar-refractivity contribution in [1.82, 2.24) is 15.6 Å². The standard InChI is InChI=1S/C21H22FN5O2/c1-3-27(4-2)17-10-7-15(20(28)11-17)13-23-26-21(29)19-12-18(24-25-19)14-5-8-16(22)9-6-14/h5-13,28H,3-4H2,1-2H3,(H,24,25)(H,26,29). The van der Waals surface area contributed by atoms with E-state index in [0.717, 1.165) is 18.8 Å². The molecule has 3 aromatic rings. The molecule has 0 aliphatic heterocycles. The van der Waals surface area contributed by atoms with E-state index in [1.807, 2.05) is 19.9 Å². The summed E-state index contributed by atoms with van der Waals surface area (Å²) in [5, 5.41) is 20.8. The lowest BCUT2D eigenvalue weighted by molar-refractivity contribution is 0.0950. The first-order chi connectivity index (χ1) is 14.0. The predicted octanol–water partition coefficient (Wildman–Crippen LogP) is 3.53. The molecule has 8 heteroatoms. The lowest BCUT2D eigenvalue weighted by atomic mass is 10.1. The highest BCUT2D eigenvalue weighted by Crippen LogP contribution is 2.23. The summed E-state index contributed by atoms with van der Waals surface area (Å²) in [6.45, 7) is 5.76. The number of aromatic nitrogens is 2. The van der Waals surface area contributed by atoms with Crippen LogP contribution >= 0.6 is 0 Å². The summed E-state index contributed by atoms with van der Waals surface area (Å²) in [5.41, 5.74) is 5.20. The van der Waals surface area contributed by atoms with Crippen molar-refractivity contribution in [3.8, 4) is 17.0 Å². The number of aromatic hydroxyl groups is 1. The monoisotopic (exact) mass is 395 g/mol. The van der Waals surface area contributed by atoms with E-state index in [1.54, 1.807) is 30.3 Å². The molecule has 2 aromatic carbocycles. The topological polar surface area (TPSA) is 93.6 Å². The Labute approximate surface area is 167 Å². The largest absolute Gasteiger partial charge is 0.507 e. The third kappa shape index (κ3) is 4.78. The Morgan fingerprint density at radius 3 is 2.59 bits per heavy atom. The normalized spacial score (nSPS) is 11.0. The highest BCUT2D eigenvalue weighted by Gasteiger charge is 2.11. The van der Waals surface area contributed by atoms with Crippen molar-refractivity contribution >= 4 is 17.8 Å². The van der Waals surface area contributed by atoms with Gasteiger partial charge in [-0.1, -0.05) is 0 Å². The fourth-order valence-corrected chi connectivity index (χ4v) is 2.85. The van der Waals surface area contributed by atoms with Gasteiger partial charge in [-0.25, -0.2) is 9.82 Å². The van der Waals surface area contributed by atoms with Gasteiger partial charge in [0.15, 0.2) is 0 Å². The summed E-state index contributed by atoms with van der Waals surface area (Å²) in [7, 11) is 0. The quantitative estimate of drug-likeness (QED) is 0.421. The van der Waals surface area contributed by atoms with Crippen LogP contribution in [-0.2, 0) is 0 Å². The zero-order valence-corrected chi connectivity index (χ0v) is 16.2. The number of carbonyl (C=O) groups excluding carboxylic acids is 1. The van der Waals surface area contributed by atoms with E-state index < -0.39 is 5.91 Å². The number of rotatable bonds is 7. The van der Waals surface area contributed by atoms with Gasteiger partial charge in [-0.15, -0.1) is 0 Å².